The molecule has 0 bridgehead atoms. The molecule has 1 heterocycles. The molecular formula is C20H27ClO4. The van der Waals surface area contributed by atoms with Gasteiger partial charge in [-0.1, -0.05) is 29.3 Å². The standard InChI is InChI=1S/C20H27ClO4/c1-24-17-5-2-13(3-6-17)8-15-9-14(4-7-19(15)21)20-11-16(23)10-18(12-22)25-20/h4,7-9,16-18,20,22-23H,2-3,5-6,10-12H2,1H3. The second kappa shape index (κ2) is 8.65. The van der Waals surface area contributed by atoms with Gasteiger partial charge in [0.1, 0.15) is 0 Å². The molecule has 4 nitrogen and oxygen atoms in total. The summed E-state index contributed by atoms with van der Waals surface area (Å²) in [4.78, 5) is 0. The van der Waals surface area contributed by atoms with E-state index < -0.39 is 6.10 Å². The Morgan fingerprint density at radius 1 is 1.28 bits per heavy atom. The fraction of sp³-hybridized carbons (Fsp3) is 0.600. The zero-order valence-corrected chi connectivity index (χ0v) is 15.4. The molecule has 1 aliphatic heterocycles. The number of halogens is 1. The fourth-order valence-electron chi connectivity index (χ4n) is 3.76. The van der Waals surface area contributed by atoms with Crippen molar-refractivity contribution in [3.05, 3.63) is 39.9 Å². The predicted molar refractivity (Wildman–Crippen MR) is 98.6 cm³/mol. The average molecular weight is 367 g/mol. The number of rotatable bonds is 4. The van der Waals surface area contributed by atoms with Gasteiger partial charge in [0.25, 0.3) is 0 Å². The maximum absolute atomic E-state index is 10.0. The van der Waals surface area contributed by atoms with Crippen LogP contribution in [0.1, 0.15) is 55.8 Å². The second-order valence-corrected chi connectivity index (χ2v) is 7.48. The van der Waals surface area contributed by atoms with Crippen LogP contribution in [0.3, 0.4) is 0 Å². The molecule has 3 unspecified atom stereocenters. The summed E-state index contributed by atoms with van der Waals surface area (Å²) in [5.74, 6) is 0. The zero-order valence-electron chi connectivity index (χ0n) is 14.7. The molecule has 1 aromatic rings. The lowest BCUT2D eigenvalue weighted by atomic mass is 9.90. The highest BCUT2D eigenvalue weighted by atomic mass is 35.5. The van der Waals surface area contributed by atoms with Gasteiger partial charge in [0.05, 0.1) is 31.0 Å². The third kappa shape index (κ3) is 4.83. The monoisotopic (exact) mass is 366 g/mol. The molecule has 0 radical (unpaired) electrons. The molecule has 1 aliphatic carbocycles. The van der Waals surface area contributed by atoms with Gasteiger partial charge in [0, 0.05) is 25.0 Å². The third-order valence-electron chi connectivity index (χ3n) is 5.24. The first kappa shape index (κ1) is 18.9. The summed E-state index contributed by atoms with van der Waals surface area (Å²) >= 11 is 6.40. The summed E-state index contributed by atoms with van der Waals surface area (Å²) in [6, 6.07) is 5.89. The first-order chi connectivity index (χ1) is 12.1. The van der Waals surface area contributed by atoms with Crippen LogP contribution in [0, 0.1) is 0 Å². The van der Waals surface area contributed by atoms with Crippen LogP contribution in [0.2, 0.25) is 5.02 Å². The van der Waals surface area contributed by atoms with E-state index in [1.54, 1.807) is 7.11 Å². The SMILES string of the molecule is COC1CCC(=Cc2cc(C3CC(O)CC(CO)O3)ccc2Cl)CC1. The van der Waals surface area contributed by atoms with Crippen LogP contribution in [0.15, 0.2) is 23.8 Å². The molecule has 1 saturated heterocycles. The summed E-state index contributed by atoms with van der Waals surface area (Å²) in [5.41, 5.74) is 3.39. The largest absolute Gasteiger partial charge is 0.394 e. The lowest BCUT2D eigenvalue weighted by Gasteiger charge is -2.32. The molecule has 2 fully saturated rings. The third-order valence-corrected chi connectivity index (χ3v) is 5.59. The second-order valence-electron chi connectivity index (χ2n) is 7.07. The topological polar surface area (TPSA) is 58.9 Å². The summed E-state index contributed by atoms with van der Waals surface area (Å²) in [5, 5.41) is 20.1. The molecule has 2 aliphatic rings. The van der Waals surface area contributed by atoms with E-state index in [-0.39, 0.29) is 18.8 Å². The Labute approximate surface area is 154 Å². The summed E-state index contributed by atoms with van der Waals surface area (Å²) in [7, 11) is 1.78. The molecule has 0 amide bonds. The number of hydrogen-bond donors (Lipinski definition) is 2. The van der Waals surface area contributed by atoms with Crippen LogP contribution < -0.4 is 0 Å². The van der Waals surface area contributed by atoms with Gasteiger partial charge in [-0.2, -0.15) is 0 Å². The number of aliphatic hydroxyl groups is 2. The van der Waals surface area contributed by atoms with Gasteiger partial charge >= 0.3 is 0 Å². The first-order valence-corrected chi connectivity index (χ1v) is 9.43. The molecular weight excluding hydrogens is 340 g/mol. The molecule has 138 valence electrons. The van der Waals surface area contributed by atoms with Crippen molar-refractivity contribution in [2.24, 2.45) is 0 Å². The Hall–Kier alpha value is -0.910. The Bertz CT molecular complexity index is 606. The summed E-state index contributed by atoms with van der Waals surface area (Å²) in [6.07, 6.45) is 6.78. The van der Waals surface area contributed by atoms with E-state index in [4.69, 9.17) is 21.1 Å². The van der Waals surface area contributed by atoms with Crippen molar-refractivity contribution < 1.29 is 19.7 Å². The molecule has 25 heavy (non-hydrogen) atoms. The summed E-state index contributed by atoms with van der Waals surface area (Å²) in [6.45, 7) is -0.0707. The molecule has 3 atom stereocenters. The highest BCUT2D eigenvalue weighted by Crippen LogP contribution is 2.35. The Kier molecular flexibility index (Phi) is 6.53. The fourth-order valence-corrected chi connectivity index (χ4v) is 3.93. The Morgan fingerprint density at radius 2 is 2.04 bits per heavy atom. The maximum Gasteiger partial charge on any atom is 0.0854 e. The van der Waals surface area contributed by atoms with E-state index >= 15 is 0 Å². The van der Waals surface area contributed by atoms with E-state index in [1.165, 1.54) is 5.57 Å². The number of ether oxygens (including phenoxy) is 2. The van der Waals surface area contributed by atoms with Gasteiger partial charge in [0.15, 0.2) is 0 Å². The highest BCUT2D eigenvalue weighted by Gasteiger charge is 2.29. The van der Waals surface area contributed by atoms with Crippen molar-refractivity contribution in [2.45, 2.75) is 62.9 Å². The van der Waals surface area contributed by atoms with Gasteiger partial charge < -0.3 is 19.7 Å². The molecule has 3 rings (SSSR count). The molecule has 1 saturated carbocycles. The van der Waals surface area contributed by atoms with Crippen molar-refractivity contribution in [1.82, 2.24) is 0 Å². The number of methoxy groups -OCH3 is 1. The van der Waals surface area contributed by atoms with Gasteiger partial charge in [-0.05, 0) is 48.9 Å². The van der Waals surface area contributed by atoms with E-state index in [9.17, 15) is 10.2 Å². The van der Waals surface area contributed by atoms with Crippen LogP contribution in [0.5, 0.6) is 0 Å². The number of allylic oxidation sites excluding steroid dienone is 1. The van der Waals surface area contributed by atoms with Gasteiger partial charge in [-0.25, -0.2) is 0 Å². The van der Waals surface area contributed by atoms with E-state index in [0.717, 1.165) is 41.8 Å². The van der Waals surface area contributed by atoms with Crippen LogP contribution in [-0.2, 0) is 9.47 Å². The minimum atomic E-state index is -0.447. The smallest absolute Gasteiger partial charge is 0.0854 e. The van der Waals surface area contributed by atoms with Crippen LogP contribution in [0.25, 0.3) is 6.08 Å². The Morgan fingerprint density at radius 3 is 2.72 bits per heavy atom. The van der Waals surface area contributed by atoms with Crippen molar-refractivity contribution in [3.63, 3.8) is 0 Å². The first-order valence-electron chi connectivity index (χ1n) is 9.05. The predicted octanol–water partition coefficient (Wildman–Crippen LogP) is 3.89. The lowest BCUT2D eigenvalue weighted by molar-refractivity contribution is -0.113. The van der Waals surface area contributed by atoms with E-state index in [1.807, 2.05) is 12.1 Å². The van der Waals surface area contributed by atoms with Gasteiger partial charge in [-0.3, -0.25) is 0 Å². The van der Waals surface area contributed by atoms with E-state index in [0.29, 0.717) is 18.9 Å². The number of benzene rings is 1. The normalized spacial score (nSPS) is 30.3. The zero-order chi connectivity index (χ0) is 17.8. The van der Waals surface area contributed by atoms with Crippen molar-refractivity contribution in [2.75, 3.05) is 13.7 Å². The average Bonchev–Trinajstić information content (AvgIpc) is 2.63. The minimum Gasteiger partial charge on any atom is -0.394 e. The number of aliphatic hydroxyl groups excluding tert-OH is 2. The van der Waals surface area contributed by atoms with Crippen LogP contribution in [-0.4, -0.2) is 42.2 Å². The van der Waals surface area contributed by atoms with Crippen molar-refractivity contribution in [3.8, 4) is 0 Å². The molecule has 2 N–H and O–H groups in total. The van der Waals surface area contributed by atoms with Crippen LogP contribution in [0.4, 0.5) is 0 Å². The van der Waals surface area contributed by atoms with E-state index in [2.05, 4.69) is 12.1 Å². The minimum absolute atomic E-state index is 0.0707. The van der Waals surface area contributed by atoms with Crippen molar-refractivity contribution >= 4 is 17.7 Å². The molecule has 0 aromatic heterocycles. The molecule has 0 spiro atoms. The Balaban J connectivity index is 1.76. The molecule has 1 aromatic carbocycles. The van der Waals surface area contributed by atoms with Crippen LogP contribution >= 0.6 is 11.6 Å². The summed E-state index contributed by atoms with van der Waals surface area (Å²) < 4.78 is 11.3. The highest BCUT2D eigenvalue weighted by molar-refractivity contribution is 6.32. The maximum atomic E-state index is 10.0. The quantitative estimate of drug-likeness (QED) is 0.848. The lowest BCUT2D eigenvalue weighted by Crippen LogP contribution is -2.33. The van der Waals surface area contributed by atoms with Gasteiger partial charge in [0.2, 0.25) is 0 Å². The molecule has 5 heteroatoms. The number of hydrogen-bond acceptors (Lipinski definition) is 4. The van der Waals surface area contributed by atoms with Gasteiger partial charge in [-0.15, -0.1) is 0 Å². The van der Waals surface area contributed by atoms with Crippen molar-refractivity contribution in [1.29, 1.82) is 0 Å².